The topological polar surface area (TPSA) is 88.1 Å². The third kappa shape index (κ3) is 9.16. The molecular formula is C29H26F2O7. The van der Waals surface area contributed by atoms with Gasteiger partial charge in [-0.1, -0.05) is 6.58 Å². The molecule has 0 heterocycles. The molecule has 3 rings (SSSR count). The summed E-state index contributed by atoms with van der Waals surface area (Å²) in [7, 11) is 0. The van der Waals surface area contributed by atoms with Crippen LogP contribution in [0.2, 0.25) is 0 Å². The van der Waals surface area contributed by atoms with Gasteiger partial charge in [-0.05, 0) is 74.2 Å². The van der Waals surface area contributed by atoms with Crippen molar-refractivity contribution in [1.29, 1.82) is 0 Å². The van der Waals surface area contributed by atoms with Crippen molar-refractivity contribution in [2.45, 2.75) is 25.7 Å². The maximum Gasteiger partial charge on any atom is 0.343 e. The fourth-order valence-electron chi connectivity index (χ4n) is 3.25. The highest BCUT2D eigenvalue weighted by Crippen LogP contribution is 2.20. The van der Waals surface area contributed by atoms with E-state index in [4.69, 9.17) is 18.9 Å². The van der Waals surface area contributed by atoms with Gasteiger partial charge in [-0.2, -0.15) is 0 Å². The zero-order valence-electron chi connectivity index (χ0n) is 20.5. The summed E-state index contributed by atoms with van der Waals surface area (Å²) in [4.78, 5) is 35.6. The first kappa shape index (κ1) is 28.0. The van der Waals surface area contributed by atoms with E-state index in [9.17, 15) is 23.2 Å². The van der Waals surface area contributed by atoms with Crippen molar-refractivity contribution < 1.29 is 42.1 Å². The van der Waals surface area contributed by atoms with Crippen LogP contribution < -0.4 is 14.2 Å². The number of hydrogen-bond donors (Lipinski definition) is 0. The van der Waals surface area contributed by atoms with E-state index < -0.39 is 29.5 Å². The van der Waals surface area contributed by atoms with Crippen molar-refractivity contribution in [3.05, 3.63) is 102 Å². The average molecular weight is 525 g/mol. The molecule has 0 saturated carbocycles. The van der Waals surface area contributed by atoms with E-state index in [1.165, 1.54) is 24.3 Å². The molecule has 9 heteroatoms. The van der Waals surface area contributed by atoms with Crippen LogP contribution in [0.5, 0.6) is 17.2 Å². The van der Waals surface area contributed by atoms with Gasteiger partial charge in [0, 0.05) is 24.3 Å². The standard InChI is InChI=1S/C29H26F2O7/c1-2-27(32)36-16-6-4-3-5-15-35-24-11-7-20(8-12-24)28(33)37-25-13-9-21(10-14-25)29(34)38-26-18-22(30)17-23(31)19-26/h2,7-14,17-19H,1,3-6,15-16H2. The first-order valence-electron chi connectivity index (χ1n) is 11.9. The number of rotatable bonds is 13. The van der Waals surface area contributed by atoms with Crippen LogP contribution in [0, 0.1) is 11.6 Å². The number of unbranched alkanes of at least 4 members (excludes halogenated alkanes) is 3. The van der Waals surface area contributed by atoms with Crippen LogP contribution in [-0.2, 0) is 9.53 Å². The Kier molecular flexibility index (Phi) is 10.5. The number of carbonyl (C=O) groups excluding carboxylic acids is 3. The Labute approximate surface area is 218 Å². The molecule has 198 valence electrons. The molecule has 3 aromatic carbocycles. The second kappa shape index (κ2) is 14.3. The molecule has 38 heavy (non-hydrogen) atoms. The van der Waals surface area contributed by atoms with Gasteiger partial charge in [0.2, 0.25) is 0 Å². The molecule has 7 nitrogen and oxygen atoms in total. The molecule has 0 radical (unpaired) electrons. The predicted octanol–water partition coefficient (Wildman–Crippen LogP) is 6.07. The normalized spacial score (nSPS) is 10.4. The first-order chi connectivity index (χ1) is 18.3. The molecular weight excluding hydrogens is 498 g/mol. The summed E-state index contributed by atoms with van der Waals surface area (Å²) in [6.45, 7) is 4.22. The Balaban J connectivity index is 1.40. The largest absolute Gasteiger partial charge is 0.494 e. The van der Waals surface area contributed by atoms with Crippen LogP contribution in [0.4, 0.5) is 8.78 Å². The lowest BCUT2D eigenvalue weighted by Crippen LogP contribution is -2.10. The van der Waals surface area contributed by atoms with Crippen LogP contribution >= 0.6 is 0 Å². The summed E-state index contributed by atoms with van der Waals surface area (Å²) in [5.41, 5.74) is 0.412. The van der Waals surface area contributed by atoms with Crippen molar-refractivity contribution >= 4 is 17.9 Å². The third-order valence-corrected chi connectivity index (χ3v) is 5.16. The van der Waals surface area contributed by atoms with Gasteiger partial charge < -0.3 is 18.9 Å². The molecule has 0 aliphatic rings. The van der Waals surface area contributed by atoms with Crippen molar-refractivity contribution in [3.63, 3.8) is 0 Å². The molecule has 0 amide bonds. The molecule has 0 saturated heterocycles. The Morgan fingerprint density at radius 2 is 1.16 bits per heavy atom. The van der Waals surface area contributed by atoms with Crippen LogP contribution in [0.25, 0.3) is 0 Å². The second-order valence-corrected chi connectivity index (χ2v) is 8.07. The lowest BCUT2D eigenvalue weighted by Gasteiger charge is -2.08. The summed E-state index contributed by atoms with van der Waals surface area (Å²) in [5.74, 6) is -3.03. The molecule has 0 aliphatic heterocycles. The highest BCUT2D eigenvalue weighted by molar-refractivity contribution is 5.92. The van der Waals surface area contributed by atoms with E-state index in [0.29, 0.717) is 30.6 Å². The number of esters is 3. The number of ether oxygens (including phenoxy) is 4. The Morgan fingerprint density at radius 3 is 1.71 bits per heavy atom. The monoisotopic (exact) mass is 524 g/mol. The highest BCUT2D eigenvalue weighted by Gasteiger charge is 2.13. The number of benzene rings is 3. The highest BCUT2D eigenvalue weighted by atomic mass is 19.1. The van der Waals surface area contributed by atoms with Crippen molar-refractivity contribution in [1.82, 2.24) is 0 Å². The first-order valence-corrected chi connectivity index (χ1v) is 11.9. The third-order valence-electron chi connectivity index (χ3n) is 5.16. The molecule has 0 atom stereocenters. The van der Waals surface area contributed by atoms with E-state index in [-0.39, 0.29) is 17.1 Å². The lowest BCUT2D eigenvalue weighted by molar-refractivity contribution is -0.137. The van der Waals surface area contributed by atoms with Crippen LogP contribution in [0.15, 0.2) is 79.4 Å². The summed E-state index contributed by atoms with van der Waals surface area (Å²) in [5, 5.41) is 0. The number of hydrogen-bond acceptors (Lipinski definition) is 7. The van der Waals surface area contributed by atoms with Crippen LogP contribution in [0.3, 0.4) is 0 Å². The van der Waals surface area contributed by atoms with E-state index >= 15 is 0 Å². The number of carbonyl (C=O) groups is 3. The second-order valence-electron chi connectivity index (χ2n) is 8.07. The Bertz CT molecular complexity index is 1230. The molecule has 3 aromatic rings. The maximum absolute atomic E-state index is 13.3. The summed E-state index contributed by atoms with van der Waals surface area (Å²) in [6.07, 6.45) is 4.59. The molecule has 0 fully saturated rings. The molecule has 0 unspecified atom stereocenters. The maximum atomic E-state index is 13.3. The van der Waals surface area contributed by atoms with Gasteiger partial charge in [-0.25, -0.2) is 23.2 Å². The molecule has 0 N–H and O–H groups in total. The SMILES string of the molecule is C=CC(=O)OCCCCCCOc1ccc(C(=O)Oc2ccc(C(=O)Oc3cc(F)cc(F)c3)cc2)cc1. The van der Waals surface area contributed by atoms with Gasteiger partial charge >= 0.3 is 17.9 Å². The zero-order chi connectivity index (χ0) is 27.3. The zero-order valence-corrected chi connectivity index (χ0v) is 20.5. The van der Waals surface area contributed by atoms with Gasteiger partial charge in [0.25, 0.3) is 0 Å². The lowest BCUT2D eigenvalue weighted by atomic mass is 10.2. The van der Waals surface area contributed by atoms with Gasteiger partial charge in [0.05, 0.1) is 24.3 Å². The van der Waals surface area contributed by atoms with Crippen molar-refractivity contribution in [2.75, 3.05) is 13.2 Å². The summed E-state index contributed by atoms with van der Waals surface area (Å²) >= 11 is 0. The minimum Gasteiger partial charge on any atom is -0.494 e. The van der Waals surface area contributed by atoms with Crippen molar-refractivity contribution in [2.24, 2.45) is 0 Å². The van der Waals surface area contributed by atoms with E-state index in [1.807, 2.05) is 0 Å². The smallest absolute Gasteiger partial charge is 0.343 e. The Hall–Kier alpha value is -4.53. The fraction of sp³-hybridized carbons (Fsp3) is 0.207. The predicted molar refractivity (Wildman–Crippen MR) is 134 cm³/mol. The minimum atomic E-state index is -0.868. The minimum absolute atomic E-state index is 0.104. The summed E-state index contributed by atoms with van der Waals surface area (Å²) < 4.78 is 47.4. The van der Waals surface area contributed by atoms with Gasteiger partial charge in [0.1, 0.15) is 28.9 Å². The van der Waals surface area contributed by atoms with E-state index in [2.05, 4.69) is 6.58 Å². The van der Waals surface area contributed by atoms with E-state index in [1.54, 1.807) is 24.3 Å². The number of halogens is 2. The average Bonchev–Trinajstić information content (AvgIpc) is 2.90. The van der Waals surface area contributed by atoms with Gasteiger partial charge in [-0.3, -0.25) is 0 Å². The van der Waals surface area contributed by atoms with Crippen LogP contribution in [0.1, 0.15) is 46.4 Å². The summed E-state index contributed by atoms with van der Waals surface area (Å²) in [6, 6.07) is 14.5. The van der Waals surface area contributed by atoms with Crippen LogP contribution in [-0.4, -0.2) is 31.1 Å². The molecule has 0 spiro atoms. The van der Waals surface area contributed by atoms with E-state index in [0.717, 1.165) is 43.9 Å². The quantitative estimate of drug-likeness (QED) is 0.116. The molecule has 0 aromatic heterocycles. The van der Waals surface area contributed by atoms with Crippen molar-refractivity contribution in [3.8, 4) is 17.2 Å². The fourth-order valence-corrected chi connectivity index (χ4v) is 3.25. The molecule has 0 bridgehead atoms. The van der Waals surface area contributed by atoms with Gasteiger partial charge in [0.15, 0.2) is 0 Å². The molecule has 0 aliphatic carbocycles. The Morgan fingerprint density at radius 1 is 0.658 bits per heavy atom. The van der Waals surface area contributed by atoms with Gasteiger partial charge in [-0.15, -0.1) is 0 Å².